The first kappa shape index (κ1) is 13.0. The van der Waals surface area contributed by atoms with Crippen molar-refractivity contribution in [2.75, 3.05) is 6.54 Å². The Labute approximate surface area is 110 Å². The van der Waals surface area contributed by atoms with Crippen LogP contribution in [0, 0.1) is 5.82 Å². The maximum absolute atomic E-state index is 13.2. The molecular formula is C13H18BrFN2. The highest BCUT2D eigenvalue weighted by Crippen LogP contribution is 2.34. The molecular weight excluding hydrogens is 283 g/mol. The summed E-state index contributed by atoms with van der Waals surface area (Å²) in [5, 5.41) is 0. The van der Waals surface area contributed by atoms with Gasteiger partial charge in [-0.2, -0.15) is 0 Å². The molecule has 1 aliphatic heterocycles. The number of likely N-dealkylation sites (tertiary alicyclic amines) is 1. The molecule has 0 aliphatic carbocycles. The Kier molecular flexibility index (Phi) is 3.85. The molecule has 2 rings (SSSR count). The average molecular weight is 301 g/mol. The average Bonchev–Trinajstić information content (AvgIpc) is 2.64. The number of hydrogen-bond donors (Lipinski definition) is 1. The largest absolute Gasteiger partial charge is 0.326 e. The van der Waals surface area contributed by atoms with Gasteiger partial charge in [0, 0.05) is 18.6 Å². The van der Waals surface area contributed by atoms with E-state index in [0.29, 0.717) is 10.5 Å². The van der Waals surface area contributed by atoms with Crippen LogP contribution in [0.4, 0.5) is 4.39 Å². The molecule has 0 saturated carbocycles. The third kappa shape index (κ3) is 2.54. The Morgan fingerprint density at radius 1 is 1.47 bits per heavy atom. The van der Waals surface area contributed by atoms with Crippen molar-refractivity contribution in [3.05, 3.63) is 34.1 Å². The molecule has 0 bridgehead atoms. The number of benzene rings is 1. The van der Waals surface area contributed by atoms with Gasteiger partial charge in [-0.25, -0.2) is 4.39 Å². The van der Waals surface area contributed by atoms with Crippen LogP contribution >= 0.6 is 15.9 Å². The number of rotatable bonds is 2. The second kappa shape index (κ2) is 5.04. The van der Waals surface area contributed by atoms with Crippen LogP contribution in [0.2, 0.25) is 0 Å². The molecule has 4 heteroatoms. The van der Waals surface area contributed by atoms with Crippen molar-refractivity contribution < 1.29 is 4.39 Å². The van der Waals surface area contributed by atoms with E-state index in [9.17, 15) is 4.39 Å². The predicted octanol–water partition coefficient (Wildman–Crippen LogP) is 3.07. The van der Waals surface area contributed by atoms with Crippen molar-refractivity contribution in [1.82, 2.24) is 4.90 Å². The van der Waals surface area contributed by atoms with Crippen molar-refractivity contribution in [1.29, 1.82) is 0 Å². The molecule has 2 atom stereocenters. The van der Waals surface area contributed by atoms with Gasteiger partial charge in [-0.1, -0.05) is 6.07 Å². The van der Waals surface area contributed by atoms with E-state index in [1.165, 1.54) is 6.07 Å². The summed E-state index contributed by atoms with van der Waals surface area (Å²) in [4.78, 5) is 2.38. The quantitative estimate of drug-likeness (QED) is 0.909. The van der Waals surface area contributed by atoms with Gasteiger partial charge in [0.25, 0.3) is 0 Å². The fourth-order valence-corrected chi connectivity index (χ4v) is 2.95. The molecule has 0 aromatic heterocycles. The first-order valence-corrected chi connectivity index (χ1v) is 6.76. The zero-order valence-electron chi connectivity index (χ0n) is 10.2. The van der Waals surface area contributed by atoms with Gasteiger partial charge in [0.05, 0.1) is 10.5 Å². The molecule has 1 aromatic carbocycles. The molecule has 0 radical (unpaired) electrons. The van der Waals surface area contributed by atoms with Crippen molar-refractivity contribution >= 4 is 15.9 Å². The minimum atomic E-state index is -0.226. The fraction of sp³-hybridized carbons (Fsp3) is 0.538. The number of nitrogens with zero attached hydrogens (tertiary/aromatic N) is 1. The second-order valence-corrected chi connectivity index (χ2v) is 5.76. The Hall–Kier alpha value is -0.450. The zero-order valence-corrected chi connectivity index (χ0v) is 11.7. The lowest BCUT2D eigenvalue weighted by Gasteiger charge is -2.30. The van der Waals surface area contributed by atoms with E-state index < -0.39 is 0 Å². The zero-order chi connectivity index (χ0) is 12.6. The van der Waals surface area contributed by atoms with Gasteiger partial charge in [-0.3, -0.25) is 4.90 Å². The third-order valence-electron chi connectivity index (χ3n) is 3.43. The molecule has 1 saturated heterocycles. The summed E-state index contributed by atoms with van der Waals surface area (Å²) in [5.74, 6) is -0.226. The monoisotopic (exact) mass is 300 g/mol. The van der Waals surface area contributed by atoms with Crippen molar-refractivity contribution in [3.63, 3.8) is 0 Å². The van der Waals surface area contributed by atoms with Crippen LogP contribution in [0.15, 0.2) is 22.7 Å². The first-order valence-electron chi connectivity index (χ1n) is 5.97. The van der Waals surface area contributed by atoms with Crippen LogP contribution in [0.25, 0.3) is 0 Å². The van der Waals surface area contributed by atoms with Gasteiger partial charge in [0.1, 0.15) is 5.82 Å². The van der Waals surface area contributed by atoms with Gasteiger partial charge < -0.3 is 5.73 Å². The van der Waals surface area contributed by atoms with E-state index in [2.05, 4.69) is 34.7 Å². The van der Waals surface area contributed by atoms with Crippen LogP contribution in [-0.2, 0) is 0 Å². The normalized spacial score (nSPS) is 25.8. The topological polar surface area (TPSA) is 29.3 Å². The Bertz CT molecular complexity index is 408. The molecule has 2 N–H and O–H groups in total. The van der Waals surface area contributed by atoms with Gasteiger partial charge >= 0.3 is 0 Å². The molecule has 1 aromatic rings. The Morgan fingerprint density at radius 3 is 2.76 bits per heavy atom. The fourth-order valence-electron chi connectivity index (χ4n) is 2.56. The summed E-state index contributed by atoms with van der Waals surface area (Å²) in [6, 6.07) is 5.98. The SMILES string of the molecule is CC(C)N1CC[C@H](N)[C@H]1c1ccc(F)c(Br)c1. The van der Waals surface area contributed by atoms with Crippen LogP contribution in [0.5, 0.6) is 0 Å². The minimum absolute atomic E-state index is 0.134. The highest BCUT2D eigenvalue weighted by molar-refractivity contribution is 9.10. The number of halogens is 2. The summed E-state index contributed by atoms with van der Waals surface area (Å²) >= 11 is 3.24. The highest BCUT2D eigenvalue weighted by Gasteiger charge is 2.34. The summed E-state index contributed by atoms with van der Waals surface area (Å²) in [6.45, 7) is 5.35. The van der Waals surface area contributed by atoms with E-state index in [1.807, 2.05) is 12.1 Å². The molecule has 94 valence electrons. The summed E-state index contributed by atoms with van der Waals surface area (Å²) in [5.41, 5.74) is 7.27. The molecule has 1 fully saturated rings. The number of hydrogen-bond acceptors (Lipinski definition) is 2. The van der Waals surface area contributed by atoms with Crippen LogP contribution in [-0.4, -0.2) is 23.5 Å². The van der Waals surface area contributed by atoms with Gasteiger partial charge in [0.15, 0.2) is 0 Å². The predicted molar refractivity (Wildman–Crippen MR) is 71.3 cm³/mol. The maximum Gasteiger partial charge on any atom is 0.137 e. The van der Waals surface area contributed by atoms with Crippen molar-refractivity contribution in [2.24, 2.45) is 5.73 Å². The molecule has 0 spiro atoms. The maximum atomic E-state index is 13.2. The lowest BCUT2D eigenvalue weighted by atomic mass is 10.00. The summed E-state index contributed by atoms with van der Waals surface area (Å²) < 4.78 is 13.8. The Morgan fingerprint density at radius 2 is 2.18 bits per heavy atom. The van der Waals surface area contributed by atoms with E-state index in [0.717, 1.165) is 18.5 Å². The molecule has 1 aliphatic rings. The summed E-state index contributed by atoms with van der Waals surface area (Å²) in [6.07, 6.45) is 0.998. The van der Waals surface area contributed by atoms with Crippen LogP contribution < -0.4 is 5.73 Å². The van der Waals surface area contributed by atoms with E-state index in [-0.39, 0.29) is 17.9 Å². The molecule has 0 amide bonds. The van der Waals surface area contributed by atoms with E-state index >= 15 is 0 Å². The molecule has 2 nitrogen and oxygen atoms in total. The van der Waals surface area contributed by atoms with Crippen LogP contribution in [0.1, 0.15) is 31.9 Å². The van der Waals surface area contributed by atoms with E-state index in [4.69, 9.17) is 5.73 Å². The van der Waals surface area contributed by atoms with Gasteiger partial charge in [0.2, 0.25) is 0 Å². The lowest BCUT2D eigenvalue weighted by molar-refractivity contribution is 0.198. The first-order chi connectivity index (χ1) is 8.00. The number of nitrogens with two attached hydrogens (primary N) is 1. The summed E-state index contributed by atoms with van der Waals surface area (Å²) in [7, 11) is 0. The smallest absolute Gasteiger partial charge is 0.137 e. The molecule has 1 heterocycles. The van der Waals surface area contributed by atoms with Gasteiger partial charge in [-0.15, -0.1) is 0 Å². The second-order valence-electron chi connectivity index (χ2n) is 4.90. The highest BCUT2D eigenvalue weighted by atomic mass is 79.9. The van der Waals surface area contributed by atoms with E-state index in [1.54, 1.807) is 0 Å². The lowest BCUT2D eigenvalue weighted by Crippen LogP contribution is -2.35. The third-order valence-corrected chi connectivity index (χ3v) is 4.04. The molecule has 0 unspecified atom stereocenters. The minimum Gasteiger partial charge on any atom is -0.326 e. The van der Waals surface area contributed by atoms with Gasteiger partial charge in [-0.05, 0) is 53.9 Å². The van der Waals surface area contributed by atoms with Crippen molar-refractivity contribution in [2.45, 2.75) is 38.4 Å². The Balaban J connectivity index is 2.33. The molecule has 17 heavy (non-hydrogen) atoms. The van der Waals surface area contributed by atoms with Crippen LogP contribution in [0.3, 0.4) is 0 Å². The standard InChI is InChI=1S/C13H18BrFN2/c1-8(2)17-6-5-12(16)13(17)9-3-4-11(15)10(14)7-9/h3-4,7-8,12-13H,5-6,16H2,1-2H3/t12-,13+/m0/s1. The van der Waals surface area contributed by atoms with Crippen molar-refractivity contribution in [3.8, 4) is 0 Å².